The summed E-state index contributed by atoms with van der Waals surface area (Å²) >= 11 is 11.9. The van der Waals surface area contributed by atoms with Crippen molar-refractivity contribution in [3.8, 4) is 11.6 Å². The molecule has 2 aromatic rings. The highest BCUT2D eigenvalue weighted by atomic mass is 35.5. The van der Waals surface area contributed by atoms with E-state index in [0.717, 1.165) is 24.5 Å². The number of hydrogen-bond donors (Lipinski definition) is 1. The molecule has 0 spiro atoms. The van der Waals surface area contributed by atoms with Crippen molar-refractivity contribution in [1.29, 1.82) is 0 Å². The zero-order valence-electron chi connectivity index (χ0n) is 10.9. The van der Waals surface area contributed by atoms with Gasteiger partial charge in [-0.25, -0.2) is 4.98 Å². The third-order valence-corrected chi connectivity index (χ3v) is 3.41. The average molecular weight is 310 g/mol. The molecule has 3 rings (SSSR count). The normalized spacial score (nSPS) is 14.2. The molecule has 1 aliphatic carbocycles. The van der Waals surface area contributed by atoms with Crippen molar-refractivity contribution in [1.82, 2.24) is 9.97 Å². The van der Waals surface area contributed by atoms with Crippen molar-refractivity contribution in [2.45, 2.75) is 18.8 Å². The Bertz CT molecular complexity index is 624. The van der Waals surface area contributed by atoms with Crippen LogP contribution in [0.5, 0.6) is 11.6 Å². The molecule has 1 N–H and O–H groups in total. The number of rotatable bonds is 4. The Hall–Kier alpha value is -1.52. The van der Waals surface area contributed by atoms with Gasteiger partial charge in [-0.2, -0.15) is 4.98 Å². The predicted molar refractivity (Wildman–Crippen MR) is 80.1 cm³/mol. The molecule has 1 saturated carbocycles. The molecular formula is C14H13Cl2N3O. The van der Waals surface area contributed by atoms with E-state index in [0.29, 0.717) is 27.6 Å². The van der Waals surface area contributed by atoms with Crippen molar-refractivity contribution in [2.24, 2.45) is 0 Å². The van der Waals surface area contributed by atoms with Crippen LogP contribution < -0.4 is 10.1 Å². The molecule has 104 valence electrons. The summed E-state index contributed by atoms with van der Waals surface area (Å²) < 4.78 is 5.74. The molecule has 20 heavy (non-hydrogen) atoms. The molecule has 1 aliphatic rings. The lowest BCUT2D eigenvalue weighted by Crippen LogP contribution is -2.01. The largest absolute Gasteiger partial charge is 0.439 e. The molecule has 0 saturated heterocycles. The molecule has 0 amide bonds. The minimum absolute atomic E-state index is 0.452. The Morgan fingerprint density at radius 2 is 1.80 bits per heavy atom. The Labute approximate surface area is 127 Å². The fourth-order valence-electron chi connectivity index (χ4n) is 1.86. The topological polar surface area (TPSA) is 47.0 Å². The summed E-state index contributed by atoms with van der Waals surface area (Å²) in [6.45, 7) is 0. The van der Waals surface area contributed by atoms with Gasteiger partial charge in [0.2, 0.25) is 5.88 Å². The summed E-state index contributed by atoms with van der Waals surface area (Å²) in [4.78, 5) is 8.87. The molecule has 0 unspecified atom stereocenters. The van der Waals surface area contributed by atoms with Crippen LogP contribution in [0.2, 0.25) is 10.0 Å². The minimum Gasteiger partial charge on any atom is -0.439 e. The molecular weight excluding hydrogens is 297 g/mol. The van der Waals surface area contributed by atoms with Gasteiger partial charge >= 0.3 is 0 Å². The van der Waals surface area contributed by atoms with E-state index in [4.69, 9.17) is 27.9 Å². The molecule has 0 radical (unpaired) electrons. The van der Waals surface area contributed by atoms with E-state index in [1.165, 1.54) is 0 Å². The first-order valence-corrected chi connectivity index (χ1v) is 7.10. The first-order chi connectivity index (χ1) is 9.64. The fraction of sp³-hybridized carbons (Fsp3) is 0.286. The van der Waals surface area contributed by atoms with Gasteiger partial charge in [0, 0.05) is 29.1 Å². The molecule has 1 aromatic heterocycles. The van der Waals surface area contributed by atoms with Crippen LogP contribution >= 0.6 is 23.2 Å². The highest BCUT2D eigenvalue weighted by Crippen LogP contribution is 2.39. The second-order valence-corrected chi connectivity index (χ2v) is 5.55. The number of anilines is 1. The minimum atomic E-state index is 0.452. The molecule has 0 bridgehead atoms. The lowest BCUT2D eigenvalue weighted by atomic mass is 10.3. The molecule has 0 atom stereocenters. The molecule has 4 nitrogen and oxygen atoms in total. The number of aromatic nitrogens is 2. The lowest BCUT2D eigenvalue weighted by Gasteiger charge is -2.09. The standard InChI is InChI=1S/C14H13Cl2N3O/c1-17-12-7-13(19-14(18-12)8-2-3-8)20-11-5-9(15)4-10(16)6-11/h4-8H,2-3H2,1H3,(H,17,18,19). The van der Waals surface area contributed by atoms with Crippen LogP contribution in [0.4, 0.5) is 5.82 Å². The van der Waals surface area contributed by atoms with Crippen LogP contribution in [-0.4, -0.2) is 17.0 Å². The summed E-state index contributed by atoms with van der Waals surface area (Å²) in [7, 11) is 1.82. The van der Waals surface area contributed by atoms with Gasteiger partial charge in [0.05, 0.1) is 0 Å². The number of nitrogens with zero attached hydrogens (tertiary/aromatic N) is 2. The summed E-state index contributed by atoms with van der Waals surface area (Å²) in [6.07, 6.45) is 2.27. The van der Waals surface area contributed by atoms with E-state index in [1.54, 1.807) is 24.3 Å². The van der Waals surface area contributed by atoms with E-state index < -0.39 is 0 Å². The Morgan fingerprint density at radius 3 is 2.40 bits per heavy atom. The van der Waals surface area contributed by atoms with E-state index in [2.05, 4.69) is 15.3 Å². The summed E-state index contributed by atoms with van der Waals surface area (Å²) in [5.41, 5.74) is 0. The maximum Gasteiger partial charge on any atom is 0.224 e. The molecule has 1 fully saturated rings. The van der Waals surface area contributed by atoms with Crippen LogP contribution in [0.1, 0.15) is 24.6 Å². The molecule has 0 aliphatic heterocycles. The van der Waals surface area contributed by atoms with E-state index >= 15 is 0 Å². The number of benzene rings is 1. The zero-order valence-corrected chi connectivity index (χ0v) is 12.4. The van der Waals surface area contributed by atoms with Crippen molar-refractivity contribution < 1.29 is 4.74 Å². The van der Waals surface area contributed by atoms with Crippen LogP contribution in [0.15, 0.2) is 24.3 Å². The average Bonchev–Trinajstić information content (AvgIpc) is 3.21. The van der Waals surface area contributed by atoms with Crippen molar-refractivity contribution >= 4 is 29.0 Å². The maximum atomic E-state index is 5.96. The first kappa shape index (κ1) is 13.5. The first-order valence-electron chi connectivity index (χ1n) is 6.35. The number of halogens is 2. The quantitative estimate of drug-likeness (QED) is 0.903. The molecule has 1 heterocycles. The van der Waals surface area contributed by atoms with Gasteiger partial charge in [0.15, 0.2) is 0 Å². The van der Waals surface area contributed by atoms with Gasteiger partial charge in [-0.15, -0.1) is 0 Å². The van der Waals surface area contributed by atoms with E-state index in [-0.39, 0.29) is 0 Å². The predicted octanol–water partition coefficient (Wildman–Crippen LogP) is 4.49. The highest BCUT2D eigenvalue weighted by Gasteiger charge is 2.27. The number of hydrogen-bond acceptors (Lipinski definition) is 4. The maximum absolute atomic E-state index is 5.96. The Balaban J connectivity index is 1.90. The third-order valence-electron chi connectivity index (χ3n) is 2.98. The van der Waals surface area contributed by atoms with Gasteiger partial charge < -0.3 is 10.1 Å². The van der Waals surface area contributed by atoms with Gasteiger partial charge in [0.25, 0.3) is 0 Å². The summed E-state index contributed by atoms with van der Waals surface area (Å²) in [5.74, 6) is 3.06. The van der Waals surface area contributed by atoms with Crippen LogP contribution in [-0.2, 0) is 0 Å². The van der Waals surface area contributed by atoms with Gasteiger partial charge in [-0.1, -0.05) is 23.2 Å². The summed E-state index contributed by atoms with van der Waals surface area (Å²) in [5, 5.41) is 4.07. The third kappa shape index (κ3) is 3.14. The van der Waals surface area contributed by atoms with Crippen molar-refractivity contribution in [3.05, 3.63) is 40.1 Å². The Morgan fingerprint density at radius 1 is 1.10 bits per heavy atom. The smallest absolute Gasteiger partial charge is 0.224 e. The fourth-order valence-corrected chi connectivity index (χ4v) is 2.36. The second-order valence-electron chi connectivity index (χ2n) is 4.68. The van der Waals surface area contributed by atoms with Crippen LogP contribution in [0.25, 0.3) is 0 Å². The van der Waals surface area contributed by atoms with Crippen LogP contribution in [0, 0.1) is 0 Å². The SMILES string of the molecule is CNc1cc(Oc2cc(Cl)cc(Cl)c2)nc(C2CC2)n1. The zero-order chi connectivity index (χ0) is 14.1. The van der Waals surface area contributed by atoms with Crippen molar-refractivity contribution in [2.75, 3.05) is 12.4 Å². The van der Waals surface area contributed by atoms with E-state index in [1.807, 2.05) is 7.05 Å². The van der Waals surface area contributed by atoms with Gasteiger partial charge in [-0.05, 0) is 31.0 Å². The van der Waals surface area contributed by atoms with Crippen molar-refractivity contribution in [3.63, 3.8) is 0 Å². The highest BCUT2D eigenvalue weighted by molar-refractivity contribution is 6.34. The Kier molecular flexibility index (Phi) is 3.68. The number of ether oxygens (including phenoxy) is 1. The summed E-state index contributed by atoms with van der Waals surface area (Å²) in [6, 6.07) is 6.81. The van der Waals surface area contributed by atoms with Crippen LogP contribution in [0.3, 0.4) is 0 Å². The number of nitrogens with one attached hydrogen (secondary N) is 1. The molecule has 1 aromatic carbocycles. The lowest BCUT2D eigenvalue weighted by molar-refractivity contribution is 0.459. The van der Waals surface area contributed by atoms with Gasteiger partial charge in [0.1, 0.15) is 17.4 Å². The molecule has 6 heteroatoms. The van der Waals surface area contributed by atoms with E-state index in [9.17, 15) is 0 Å². The van der Waals surface area contributed by atoms with Gasteiger partial charge in [-0.3, -0.25) is 0 Å². The monoisotopic (exact) mass is 309 g/mol. The second kappa shape index (κ2) is 5.46.